The molecule has 0 aliphatic heterocycles. The second-order valence-electron chi connectivity index (χ2n) is 4.41. The van der Waals surface area contributed by atoms with E-state index in [4.69, 9.17) is 0 Å². The normalized spacial score (nSPS) is 10.3. The van der Waals surface area contributed by atoms with Crippen molar-refractivity contribution < 1.29 is 4.79 Å². The maximum Gasteiger partial charge on any atom is 0.253 e. The van der Waals surface area contributed by atoms with Crippen LogP contribution in [0.5, 0.6) is 0 Å². The minimum atomic E-state index is 0.0800. The van der Waals surface area contributed by atoms with Gasteiger partial charge in [-0.3, -0.25) is 4.79 Å². The summed E-state index contributed by atoms with van der Waals surface area (Å²) in [4.78, 5) is 13.7. The van der Waals surface area contributed by atoms with E-state index < -0.39 is 0 Å². The molecule has 0 atom stereocenters. The molecule has 0 unspecified atom stereocenters. The molecule has 1 N–H and O–H groups in total. The number of nitrogens with one attached hydrogen (secondary N) is 1. The lowest BCUT2D eigenvalue weighted by Gasteiger charge is -2.19. The highest BCUT2D eigenvalue weighted by molar-refractivity contribution is 5.94. The predicted octanol–water partition coefficient (Wildman–Crippen LogP) is 2.46. The van der Waals surface area contributed by atoms with Crippen LogP contribution in [0.25, 0.3) is 0 Å². The number of rotatable bonds is 4. The fraction of sp³-hybridized carbons (Fsp3) is 0.462. The summed E-state index contributed by atoms with van der Waals surface area (Å²) in [5, 5.41) is 3.03. The van der Waals surface area contributed by atoms with E-state index in [1.807, 2.05) is 38.4 Å². The van der Waals surface area contributed by atoms with Gasteiger partial charge in [0.1, 0.15) is 0 Å². The van der Waals surface area contributed by atoms with Crippen LogP contribution in [-0.2, 0) is 0 Å². The number of anilines is 1. The largest absolute Gasteiger partial charge is 0.388 e. The number of hydrogen-bond acceptors (Lipinski definition) is 2. The number of carbonyl (C=O) groups excluding carboxylic acids is 1. The van der Waals surface area contributed by atoms with Crippen molar-refractivity contribution in [2.75, 3.05) is 26.0 Å². The van der Waals surface area contributed by atoms with Crippen molar-refractivity contribution in [3.05, 3.63) is 29.8 Å². The Morgan fingerprint density at radius 2 is 1.88 bits per heavy atom. The quantitative estimate of drug-likeness (QED) is 0.845. The maximum atomic E-state index is 12.0. The molecule has 1 amide bonds. The first-order valence-corrected chi connectivity index (χ1v) is 5.58. The van der Waals surface area contributed by atoms with Crippen molar-refractivity contribution in [1.82, 2.24) is 4.90 Å². The first kappa shape index (κ1) is 12.6. The fourth-order valence-electron chi connectivity index (χ4n) is 1.63. The Morgan fingerprint density at radius 1 is 1.31 bits per heavy atom. The first-order chi connectivity index (χ1) is 7.54. The standard InChI is InChI=1S/C13H20N2O/c1-10(2)9-15(4)13(16)11-5-7-12(14-3)8-6-11/h5-8,10,14H,9H2,1-4H3. The summed E-state index contributed by atoms with van der Waals surface area (Å²) < 4.78 is 0. The van der Waals surface area contributed by atoms with Gasteiger partial charge in [0.25, 0.3) is 5.91 Å². The molecule has 3 nitrogen and oxygen atoms in total. The van der Waals surface area contributed by atoms with E-state index in [9.17, 15) is 4.79 Å². The molecule has 0 aliphatic carbocycles. The highest BCUT2D eigenvalue weighted by Gasteiger charge is 2.12. The van der Waals surface area contributed by atoms with Gasteiger partial charge in [-0.2, -0.15) is 0 Å². The van der Waals surface area contributed by atoms with Crippen molar-refractivity contribution in [2.45, 2.75) is 13.8 Å². The lowest BCUT2D eigenvalue weighted by atomic mass is 10.1. The maximum absolute atomic E-state index is 12.0. The van der Waals surface area contributed by atoms with Gasteiger partial charge in [-0.25, -0.2) is 0 Å². The molecule has 0 radical (unpaired) electrons. The molecule has 0 aliphatic rings. The second kappa shape index (κ2) is 5.54. The van der Waals surface area contributed by atoms with Crippen molar-refractivity contribution >= 4 is 11.6 Å². The topological polar surface area (TPSA) is 32.3 Å². The molecule has 16 heavy (non-hydrogen) atoms. The summed E-state index contributed by atoms with van der Waals surface area (Å²) in [6, 6.07) is 7.53. The van der Waals surface area contributed by atoms with Crippen LogP contribution in [0.4, 0.5) is 5.69 Å². The molecule has 3 heteroatoms. The summed E-state index contributed by atoms with van der Waals surface area (Å²) in [7, 11) is 3.70. The van der Waals surface area contributed by atoms with Gasteiger partial charge in [0, 0.05) is 31.9 Å². The van der Waals surface area contributed by atoms with Crippen molar-refractivity contribution in [1.29, 1.82) is 0 Å². The smallest absolute Gasteiger partial charge is 0.253 e. The van der Waals surface area contributed by atoms with Gasteiger partial charge in [-0.15, -0.1) is 0 Å². The van der Waals surface area contributed by atoms with Crippen LogP contribution in [0.15, 0.2) is 24.3 Å². The van der Waals surface area contributed by atoms with E-state index in [-0.39, 0.29) is 5.91 Å². The lowest BCUT2D eigenvalue weighted by Crippen LogP contribution is -2.30. The Kier molecular flexibility index (Phi) is 4.35. The molecule has 1 aromatic rings. The molecule has 0 aromatic heterocycles. The Morgan fingerprint density at radius 3 is 2.31 bits per heavy atom. The predicted molar refractivity (Wildman–Crippen MR) is 67.8 cm³/mol. The first-order valence-electron chi connectivity index (χ1n) is 5.58. The molecule has 0 fully saturated rings. The summed E-state index contributed by atoms with van der Waals surface area (Å²) >= 11 is 0. The zero-order valence-electron chi connectivity index (χ0n) is 10.4. The third kappa shape index (κ3) is 3.26. The summed E-state index contributed by atoms with van der Waals surface area (Å²) in [6.45, 7) is 4.99. The van der Waals surface area contributed by atoms with Gasteiger partial charge in [0.15, 0.2) is 0 Å². The third-order valence-electron chi connectivity index (χ3n) is 2.41. The second-order valence-corrected chi connectivity index (χ2v) is 4.41. The van der Waals surface area contributed by atoms with Gasteiger partial charge in [0.05, 0.1) is 0 Å². The summed E-state index contributed by atoms with van der Waals surface area (Å²) in [5.41, 5.74) is 1.75. The number of benzene rings is 1. The number of hydrogen-bond donors (Lipinski definition) is 1. The van der Waals surface area contributed by atoms with Crippen LogP contribution < -0.4 is 5.32 Å². The molecule has 88 valence electrons. The summed E-state index contributed by atoms with van der Waals surface area (Å²) in [5.74, 6) is 0.571. The van der Waals surface area contributed by atoms with E-state index in [1.165, 1.54) is 0 Å². The molecular formula is C13H20N2O. The van der Waals surface area contributed by atoms with Gasteiger partial charge >= 0.3 is 0 Å². The van der Waals surface area contributed by atoms with E-state index in [0.717, 1.165) is 17.8 Å². The van der Waals surface area contributed by atoms with Gasteiger partial charge in [0.2, 0.25) is 0 Å². The Bertz CT molecular complexity index is 343. The van der Waals surface area contributed by atoms with E-state index in [0.29, 0.717) is 5.92 Å². The summed E-state index contributed by atoms with van der Waals surface area (Å²) in [6.07, 6.45) is 0. The van der Waals surface area contributed by atoms with Crippen LogP contribution in [0, 0.1) is 5.92 Å². The van der Waals surface area contributed by atoms with E-state index in [1.54, 1.807) is 4.90 Å². The van der Waals surface area contributed by atoms with Crippen LogP contribution in [0.2, 0.25) is 0 Å². The van der Waals surface area contributed by atoms with Crippen LogP contribution in [-0.4, -0.2) is 31.4 Å². The molecule has 0 bridgehead atoms. The van der Waals surface area contributed by atoms with Gasteiger partial charge in [-0.05, 0) is 30.2 Å². The van der Waals surface area contributed by atoms with Gasteiger partial charge in [-0.1, -0.05) is 13.8 Å². The molecule has 0 saturated carbocycles. The van der Waals surface area contributed by atoms with Crippen LogP contribution in [0.3, 0.4) is 0 Å². The van der Waals surface area contributed by atoms with E-state index in [2.05, 4.69) is 19.2 Å². The monoisotopic (exact) mass is 220 g/mol. The average Bonchev–Trinajstić information content (AvgIpc) is 2.27. The van der Waals surface area contributed by atoms with Crippen molar-refractivity contribution in [3.8, 4) is 0 Å². The number of nitrogens with zero attached hydrogens (tertiary/aromatic N) is 1. The molecule has 0 spiro atoms. The third-order valence-corrected chi connectivity index (χ3v) is 2.41. The van der Waals surface area contributed by atoms with Crippen LogP contribution >= 0.6 is 0 Å². The Labute approximate surface area is 97.5 Å². The number of carbonyl (C=O) groups is 1. The van der Waals surface area contributed by atoms with Crippen molar-refractivity contribution in [3.63, 3.8) is 0 Å². The number of amides is 1. The Hall–Kier alpha value is -1.51. The minimum Gasteiger partial charge on any atom is -0.388 e. The average molecular weight is 220 g/mol. The SMILES string of the molecule is CNc1ccc(C(=O)N(C)CC(C)C)cc1. The fourth-order valence-corrected chi connectivity index (χ4v) is 1.63. The molecule has 1 rings (SSSR count). The minimum absolute atomic E-state index is 0.0800. The van der Waals surface area contributed by atoms with E-state index >= 15 is 0 Å². The van der Waals surface area contributed by atoms with Crippen LogP contribution in [0.1, 0.15) is 24.2 Å². The molecule has 0 heterocycles. The van der Waals surface area contributed by atoms with Crippen molar-refractivity contribution in [2.24, 2.45) is 5.92 Å². The Balaban J connectivity index is 2.72. The zero-order chi connectivity index (χ0) is 12.1. The highest BCUT2D eigenvalue weighted by atomic mass is 16.2. The zero-order valence-corrected chi connectivity index (χ0v) is 10.4. The lowest BCUT2D eigenvalue weighted by molar-refractivity contribution is 0.0779. The molecular weight excluding hydrogens is 200 g/mol. The highest BCUT2D eigenvalue weighted by Crippen LogP contribution is 2.11. The molecule has 0 saturated heterocycles. The van der Waals surface area contributed by atoms with Gasteiger partial charge < -0.3 is 10.2 Å². The molecule has 1 aromatic carbocycles.